The summed E-state index contributed by atoms with van der Waals surface area (Å²) in [5, 5.41) is 3.14. The molecule has 4 heteroatoms. The molecule has 0 radical (unpaired) electrons. The zero-order valence-electron chi connectivity index (χ0n) is 9.58. The molecule has 3 nitrogen and oxygen atoms in total. The molecule has 0 unspecified atom stereocenters. The molecule has 1 aromatic heterocycles. The van der Waals surface area contributed by atoms with Gasteiger partial charge >= 0.3 is 0 Å². The van der Waals surface area contributed by atoms with Crippen molar-refractivity contribution in [3.05, 3.63) is 35.0 Å². The van der Waals surface area contributed by atoms with Crippen molar-refractivity contribution in [1.29, 1.82) is 0 Å². The summed E-state index contributed by atoms with van der Waals surface area (Å²) in [6.07, 6.45) is 7.20. The Morgan fingerprint density at radius 1 is 1.41 bits per heavy atom. The lowest BCUT2D eigenvalue weighted by Gasteiger charge is -2.12. The predicted octanol–water partition coefficient (Wildman–Crippen LogP) is 3.56. The molecule has 90 valence electrons. The normalized spacial score (nSPS) is 15.2. The third-order valence-corrected chi connectivity index (χ3v) is 2.97. The van der Waals surface area contributed by atoms with Crippen LogP contribution in [0.5, 0.6) is 0 Å². The van der Waals surface area contributed by atoms with E-state index < -0.39 is 0 Å². The van der Waals surface area contributed by atoms with Gasteiger partial charge in [0, 0.05) is 6.42 Å². The van der Waals surface area contributed by atoms with E-state index in [2.05, 4.69) is 16.4 Å². The molecule has 1 aliphatic rings. The Kier molecular flexibility index (Phi) is 4.15. The summed E-state index contributed by atoms with van der Waals surface area (Å²) in [6.45, 7) is 0. The minimum absolute atomic E-state index is 0.0204. The van der Waals surface area contributed by atoms with E-state index in [0.717, 1.165) is 12.8 Å². The molecule has 0 aliphatic heterocycles. The summed E-state index contributed by atoms with van der Waals surface area (Å²) in [5.41, 5.74) is 1.23. The summed E-state index contributed by atoms with van der Waals surface area (Å²) < 4.78 is 0. The average Bonchev–Trinajstić information content (AvgIpc) is 2.30. The number of allylic oxidation sites excluding steroid dienone is 1. The number of anilines is 1. The molecule has 1 aromatic rings. The molecule has 1 aliphatic carbocycles. The fourth-order valence-corrected chi connectivity index (χ4v) is 2.10. The summed E-state index contributed by atoms with van der Waals surface area (Å²) in [7, 11) is 0. The third-order valence-electron chi connectivity index (χ3n) is 2.76. The second kappa shape index (κ2) is 5.82. The van der Waals surface area contributed by atoms with Crippen LogP contribution in [0.1, 0.15) is 32.1 Å². The van der Waals surface area contributed by atoms with Crippen LogP contribution in [-0.2, 0) is 4.79 Å². The van der Waals surface area contributed by atoms with Gasteiger partial charge in [-0.3, -0.25) is 4.79 Å². The summed E-state index contributed by atoms with van der Waals surface area (Å²) in [4.78, 5) is 15.8. The first-order valence-electron chi connectivity index (χ1n) is 5.84. The number of pyridine rings is 1. The first-order valence-corrected chi connectivity index (χ1v) is 6.22. The molecule has 1 N–H and O–H groups in total. The van der Waals surface area contributed by atoms with Gasteiger partial charge in [0.15, 0.2) is 0 Å². The molecule has 0 aromatic carbocycles. The van der Waals surface area contributed by atoms with Gasteiger partial charge in [-0.25, -0.2) is 4.98 Å². The van der Waals surface area contributed by atoms with Crippen LogP contribution in [-0.4, -0.2) is 10.9 Å². The highest BCUT2D eigenvalue weighted by atomic mass is 35.5. The van der Waals surface area contributed by atoms with Gasteiger partial charge < -0.3 is 5.32 Å². The first kappa shape index (κ1) is 12.1. The minimum atomic E-state index is -0.0204. The average molecular weight is 251 g/mol. The van der Waals surface area contributed by atoms with Crippen LogP contribution in [0.4, 0.5) is 5.82 Å². The van der Waals surface area contributed by atoms with Gasteiger partial charge in [-0.2, -0.15) is 0 Å². The van der Waals surface area contributed by atoms with Crippen molar-refractivity contribution in [1.82, 2.24) is 4.98 Å². The Hall–Kier alpha value is -1.35. The second-order valence-corrected chi connectivity index (χ2v) is 4.57. The van der Waals surface area contributed by atoms with Crippen LogP contribution in [0, 0.1) is 0 Å². The van der Waals surface area contributed by atoms with Gasteiger partial charge in [0.2, 0.25) is 5.91 Å². The first-order chi connectivity index (χ1) is 8.24. The SMILES string of the molecule is O=C(CC1=CCCCC1)Nc1cccc(Cl)n1. The molecule has 1 heterocycles. The van der Waals surface area contributed by atoms with Crippen LogP contribution >= 0.6 is 11.6 Å². The molecule has 17 heavy (non-hydrogen) atoms. The van der Waals surface area contributed by atoms with Crippen LogP contribution < -0.4 is 5.32 Å². The summed E-state index contributed by atoms with van der Waals surface area (Å²) in [5.74, 6) is 0.492. The number of nitrogens with zero attached hydrogens (tertiary/aromatic N) is 1. The lowest BCUT2D eigenvalue weighted by Crippen LogP contribution is -2.13. The minimum Gasteiger partial charge on any atom is -0.310 e. The number of rotatable bonds is 3. The van der Waals surface area contributed by atoms with Gasteiger partial charge in [-0.1, -0.05) is 29.3 Å². The van der Waals surface area contributed by atoms with E-state index in [4.69, 9.17) is 11.6 Å². The van der Waals surface area contributed by atoms with Crippen molar-refractivity contribution >= 4 is 23.3 Å². The smallest absolute Gasteiger partial charge is 0.229 e. The Balaban J connectivity index is 1.91. The van der Waals surface area contributed by atoms with E-state index in [1.54, 1.807) is 18.2 Å². The molecule has 1 amide bonds. The molecular formula is C13H15ClN2O. The third kappa shape index (κ3) is 3.86. The van der Waals surface area contributed by atoms with Gasteiger partial charge in [0.05, 0.1) is 0 Å². The molecule has 0 saturated carbocycles. The number of carbonyl (C=O) groups is 1. The fraction of sp³-hybridized carbons (Fsp3) is 0.385. The Bertz CT molecular complexity index is 443. The van der Waals surface area contributed by atoms with Gasteiger partial charge in [-0.15, -0.1) is 0 Å². The number of hydrogen-bond donors (Lipinski definition) is 1. The Morgan fingerprint density at radius 2 is 2.29 bits per heavy atom. The van der Waals surface area contributed by atoms with Crippen molar-refractivity contribution in [3.63, 3.8) is 0 Å². The quantitative estimate of drug-likeness (QED) is 0.658. The molecule has 2 rings (SSSR count). The van der Waals surface area contributed by atoms with Crippen LogP contribution in [0.25, 0.3) is 0 Å². The monoisotopic (exact) mass is 250 g/mol. The van der Waals surface area contributed by atoms with Gasteiger partial charge in [-0.05, 0) is 37.8 Å². The molecule has 0 spiro atoms. The maximum atomic E-state index is 11.8. The molecule has 0 saturated heterocycles. The maximum absolute atomic E-state index is 11.8. The van der Waals surface area contributed by atoms with E-state index in [0.29, 0.717) is 17.4 Å². The molecular weight excluding hydrogens is 236 g/mol. The van der Waals surface area contributed by atoms with E-state index in [-0.39, 0.29) is 5.91 Å². The largest absolute Gasteiger partial charge is 0.310 e. The lowest BCUT2D eigenvalue weighted by atomic mass is 9.97. The molecule has 0 bridgehead atoms. The van der Waals surface area contributed by atoms with E-state index in [1.807, 2.05) is 0 Å². The number of halogens is 1. The van der Waals surface area contributed by atoms with E-state index in [9.17, 15) is 4.79 Å². The number of aromatic nitrogens is 1. The highest BCUT2D eigenvalue weighted by molar-refractivity contribution is 6.29. The standard InChI is InChI=1S/C13H15ClN2O/c14-11-7-4-8-12(15-11)16-13(17)9-10-5-2-1-3-6-10/h4-5,7-8H,1-3,6,9H2,(H,15,16,17). The van der Waals surface area contributed by atoms with Crippen LogP contribution in [0.15, 0.2) is 29.8 Å². The highest BCUT2D eigenvalue weighted by Crippen LogP contribution is 2.20. The highest BCUT2D eigenvalue weighted by Gasteiger charge is 2.09. The summed E-state index contributed by atoms with van der Waals surface area (Å²) in [6, 6.07) is 5.19. The number of nitrogens with one attached hydrogen (secondary N) is 1. The van der Waals surface area contributed by atoms with Crippen LogP contribution in [0.2, 0.25) is 5.15 Å². The van der Waals surface area contributed by atoms with Gasteiger partial charge in [0.25, 0.3) is 0 Å². The predicted molar refractivity (Wildman–Crippen MR) is 69.0 cm³/mol. The van der Waals surface area contributed by atoms with Crippen molar-refractivity contribution in [2.45, 2.75) is 32.1 Å². The van der Waals surface area contributed by atoms with E-state index >= 15 is 0 Å². The topological polar surface area (TPSA) is 42.0 Å². The zero-order valence-corrected chi connectivity index (χ0v) is 10.3. The second-order valence-electron chi connectivity index (χ2n) is 4.18. The molecule has 0 atom stereocenters. The van der Waals surface area contributed by atoms with Crippen molar-refractivity contribution in [2.75, 3.05) is 5.32 Å². The Morgan fingerprint density at radius 3 is 3.00 bits per heavy atom. The van der Waals surface area contributed by atoms with Crippen molar-refractivity contribution < 1.29 is 4.79 Å². The Labute approximate surface area is 106 Å². The number of amides is 1. The summed E-state index contributed by atoms with van der Waals surface area (Å²) >= 11 is 5.75. The van der Waals surface area contributed by atoms with Crippen molar-refractivity contribution in [3.8, 4) is 0 Å². The lowest BCUT2D eigenvalue weighted by molar-refractivity contribution is -0.115. The number of carbonyl (C=O) groups excluding carboxylic acids is 1. The number of hydrogen-bond acceptors (Lipinski definition) is 2. The fourth-order valence-electron chi connectivity index (χ4n) is 1.94. The zero-order chi connectivity index (χ0) is 12.1. The van der Waals surface area contributed by atoms with Crippen molar-refractivity contribution in [2.24, 2.45) is 0 Å². The molecule has 0 fully saturated rings. The van der Waals surface area contributed by atoms with E-state index in [1.165, 1.54) is 18.4 Å². The maximum Gasteiger partial charge on any atom is 0.229 e. The van der Waals surface area contributed by atoms with Gasteiger partial charge in [0.1, 0.15) is 11.0 Å². The van der Waals surface area contributed by atoms with Crippen LogP contribution in [0.3, 0.4) is 0 Å².